The Kier molecular flexibility index (Phi) is 10.4. The number of benzene rings is 1. The van der Waals surface area contributed by atoms with E-state index in [4.69, 9.17) is 0 Å². The Labute approximate surface area is 174 Å². The molecule has 27 heavy (non-hydrogen) atoms. The highest BCUT2D eigenvalue weighted by Crippen LogP contribution is 2.23. The van der Waals surface area contributed by atoms with Crippen molar-refractivity contribution in [2.24, 2.45) is 10.9 Å². The monoisotopic (exact) mass is 502 g/mol. The third-order valence-corrected chi connectivity index (χ3v) is 4.55. The van der Waals surface area contributed by atoms with Crippen molar-refractivity contribution in [1.82, 2.24) is 15.5 Å². The van der Waals surface area contributed by atoms with Crippen LogP contribution in [0, 0.1) is 11.7 Å². The van der Waals surface area contributed by atoms with Crippen LogP contribution >= 0.6 is 24.0 Å². The summed E-state index contributed by atoms with van der Waals surface area (Å²) in [5, 5.41) is 6.38. The molecule has 0 atom stereocenters. The van der Waals surface area contributed by atoms with Gasteiger partial charge in [-0.25, -0.2) is 4.39 Å². The molecule has 0 saturated carbocycles. The van der Waals surface area contributed by atoms with Crippen LogP contribution in [0.5, 0.6) is 0 Å². The maximum Gasteiger partial charge on any atom is 0.401 e. The molecular weight excluding hydrogens is 475 g/mol. The van der Waals surface area contributed by atoms with Gasteiger partial charge in [0.15, 0.2) is 5.96 Å². The fourth-order valence-corrected chi connectivity index (χ4v) is 3.09. The molecule has 1 fully saturated rings. The molecule has 2 N–H and O–H groups in total. The lowest BCUT2D eigenvalue weighted by molar-refractivity contribution is -0.148. The predicted molar refractivity (Wildman–Crippen MR) is 110 cm³/mol. The quantitative estimate of drug-likeness (QED) is 0.270. The number of piperidine rings is 1. The molecule has 0 aliphatic carbocycles. The van der Waals surface area contributed by atoms with Crippen LogP contribution in [0.4, 0.5) is 17.6 Å². The summed E-state index contributed by atoms with van der Waals surface area (Å²) in [4.78, 5) is 5.62. The molecule has 1 saturated heterocycles. The minimum Gasteiger partial charge on any atom is -0.356 e. The second kappa shape index (κ2) is 11.7. The van der Waals surface area contributed by atoms with E-state index in [0.29, 0.717) is 38.1 Å². The average Bonchev–Trinajstić information content (AvgIpc) is 2.59. The van der Waals surface area contributed by atoms with E-state index >= 15 is 0 Å². The molecule has 0 aromatic heterocycles. The summed E-state index contributed by atoms with van der Waals surface area (Å²) in [7, 11) is 1.68. The van der Waals surface area contributed by atoms with Gasteiger partial charge in [-0.1, -0.05) is 12.1 Å². The third-order valence-electron chi connectivity index (χ3n) is 4.55. The van der Waals surface area contributed by atoms with Crippen LogP contribution in [0.2, 0.25) is 0 Å². The van der Waals surface area contributed by atoms with E-state index in [1.54, 1.807) is 19.2 Å². The molecule has 1 aromatic rings. The van der Waals surface area contributed by atoms with Crippen LogP contribution in [-0.4, -0.2) is 50.3 Å². The standard InChI is InChI=1S/C18H26F4N4.HI/c1-23-17(25-12-15-2-4-16(19)5-3-15)24-9-6-14-7-10-26(11-8-14)13-18(20,21)22;/h2-5,14H,6-13H2,1H3,(H2,23,24,25);1H. The van der Waals surface area contributed by atoms with Gasteiger partial charge in [0, 0.05) is 20.1 Å². The zero-order valence-corrected chi connectivity index (χ0v) is 17.7. The van der Waals surface area contributed by atoms with E-state index in [-0.39, 0.29) is 29.8 Å². The summed E-state index contributed by atoms with van der Waals surface area (Å²) < 4.78 is 50.1. The molecule has 1 aliphatic heterocycles. The van der Waals surface area contributed by atoms with E-state index in [9.17, 15) is 17.6 Å². The molecule has 9 heteroatoms. The number of hydrogen-bond acceptors (Lipinski definition) is 2. The highest BCUT2D eigenvalue weighted by atomic mass is 127. The molecule has 1 heterocycles. The van der Waals surface area contributed by atoms with Crippen LogP contribution < -0.4 is 10.6 Å². The minimum atomic E-state index is -4.11. The second-order valence-corrected chi connectivity index (χ2v) is 6.60. The number of rotatable bonds is 6. The molecule has 0 bridgehead atoms. The molecule has 2 rings (SSSR count). The van der Waals surface area contributed by atoms with Gasteiger partial charge in [0.1, 0.15) is 5.82 Å². The molecule has 154 valence electrons. The van der Waals surface area contributed by atoms with Gasteiger partial charge < -0.3 is 10.6 Å². The number of likely N-dealkylation sites (tertiary alicyclic amines) is 1. The largest absolute Gasteiger partial charge is 0.401 e. The zero-order valence-electron chi connectivity index (χ0n) is 15.4. The maximum atomic E-state index is 12.9. The van der Waals surface area contributed by atoms with Gasteiger partial charge in [0.05, 0.1) is 6.54 Å². The van der Waals surface area contributed by atoms with Gasteiger partial charge in [-0.2, -0.15) is 13.2 Å². The lowest BCUT2D eigenvalue weighted by Gasteiger charge is -2.32. The molecule has 1 aliphatic rings. The molecule has 0 amide bonds. The van der Waals surface area contributed by atoms with Crippen molar-refractivity contribution in [3.8, 4) is 0 Å². The normalized spacial score (nSPS) is 16.7. The van der Waals surface area contributed by atoms with Crippen molar-refractivity contribution in [2.45, 2.75) is 32.0 Å². The lowest BCUT2D eigenvalue weighted by Crippen LogP contribution is -2.41. The third kappa shape index (κ3) is 9.59. The van der Waals surface area contributed by atoms with Gasteiger partial charge in [0.25, 0.3) is 0 Å². The van der Waals surface area contributed by atoms with Crippen molar-refractivity contribution >= 4 is 29.9 Å². The van der Waals surface area contributed by atoms with E-state index in [2.05, 4.69) is 15.6 Å². The van der Waals surface area contributed by atoms with Gasteiger partial charge in [-0.05, 0) is 56.0 Å². The zero-order chi connectivity index (χ0) is 19.0. The van der Waals surface area contributed by atoms with E-state index in [0.717, 1.165) is 24.8 Å². The van der Waals surface area contributed by atoms with Gasteiger partial charge in [-0.3, -0.25) is 9.89 Å². The first-order chi connectivity index (χ1) is 12.4. The van der Waals surface area contributed by atoms with Crippen molar-refractivity contribution in [3.05, 3.63) is 35.6 Å². The first kappa shape index (κ1) is 23.9. The van der Waals surface area contributed by atoms with Gasteiger partial charge >= 0.3 is 6.18 Å². The molecule has 0 unspecified atom stereocenters. The Morgan fingerprint density at radius 1 is 1.15 bits per heavy atom. The number of alkyl halides is 3. The number of aliphatic imine (C=N–C) groups is 1. The van der Waals surface area contributed by atoms with Crippen molar-refractivity contribution in [2.75, 3.05) is 33.2 Å². The molecular formula is C18H27F4IN4. The average molecular weight is 502 g/mol. The molecule has 0 spiro atoms. The first-order valence-corrected chi connectivity index (χ1v) is 8.84. The summed E-state index contributed by atoms with van der Waals surface area (Å²) in [6.45, 7) is 1.45. The Morgan fingerprint density at radius 2 is 1.78 bits per heavy atom. The van der Waals surface area contributed by atoms with Gasteiger partial charge in [0.2, 0.25) is 0 Å². The van der Waals surface area contributed by atoms with Crippen LogP contribution in [0.1, 0.15) is 24.8 Å². The number of nitrogens with one attached hydrogen (secondary N) is 2. The van der Waals surface area contributed by atoms with E-state index < -0.39 is 12.7 Å². The molecule has 0 radical (unpaired) electrons. The SMILES string of the molecule is CN=C(NCCC1CCN(CC(F)(F)F)CC1)NCc1ccc(F)cc1.I. The number of hydrogen-bond donors (Lipinski definition) is 2. The summed E-state index contributed by atoms with van der Waals surface area (Å²) in [5.74, 6) is 0.823. The topological polar surface area (TPSA) is 39.7 Å². The van der Waals surface area contributed by atoms with Crippen LogP contribution in [0.25, 0.3) is 0 Å². The molecule has 4 nitrogen and oxygen atoms in total. The second-order valence-electron chi connectivity index (χ2n) is 6.60. The van der Waals surface area contributed by atoms with Crippen molar-refractivity contribution in [1.29, 1.82) is 0 Å². The van der Waals surface area contributed by atoms with Gasteiger partial charge in [-0.15, -0.1) is 24.0 Å². The van der Waals surface area contributed by atoms with Crippen LogP contribution in [0.3, 0.4) is 0 Å². The summed E-state index contributed by atoms with van der Waals surface area (Å²) >= 11 is 0. The Hall–Kier alpha value is -1.10. The Bertz CT molecular complexity index is 570. The number of nitrogens with zero attached hydrogens (tertiary/aromatic N) is 2. The highest BCUT2D eigenvalue weighted by molar-refractivity contribution is 14.0. The Balaban J connectivity index is 0.00000364. The first-order valence-electron chi connectivity index (χ1n) is 8.84. The number of guanidine groups is 1. The molecule has 1 aromatic carbocycles. The van der Waals surface area contributed by atoms with E-state index in [1.165, 1.54) is 17.0 Å². The minimum absolute atomic E-state index is 0. The summed E-state index contributed by atoms with van der Waals surface area (Å²) in [5.41, 5.74) is 0.950. The highest BCUT2D eigenvalue weighted by Gasteiger charge is 2.32. The number of halogens is 5. The van der Waals surface area contributed by atoms with Crippen LogP contribution in [0.15, 0.2) is 29.3 Å². The fraction of sp³-hybridized carbons (Fsp3) is 0.611. The van der Waals surface area contributed by atoms with Crippen molar-refractivity contribution in [3.63, 3.8) is 0 Å². The smallest absolute Gasteiger partial charge is 0.356 e. The predicted octanol–water partition coefficient (Wildman–Crippen LogP) is 3.77. The van der Waals surface area contributed by atoms with Crippen molar-refractivity contribution < 1.29 is 17.6 Å². The maximum absolute atomic E-state index is 12.9. The summed E-state index contributed by atoms with van der Waals surface area (Å²) in [6.07, 6.45) is -1.63. The summed E-state index contributed by atoms with van der Waals surface area (Å²) in [6, 6.07) is 6.26. The van der Waals surface area contributed by atoms with E-state index in [1.807, 2.05) is 0 Å². The lowest BCUT2D eigenvalue weighted by atomic mass is 9.93. The van der Waals surface area contributed by atoms with Crippen LogP contribution in [-0.2, 0) is 6.54 Å². The fourth-order valence-electron chi connectivity index (χ4n) is 3.09. The Morgan fingerprint density at radius 3 is 2.33 bits per heavy atom.